The zero-order valence-corrected chi connectivity index (χ0v) is 11.8. The van der Waals surface area contributed by atoms with E-state index in [1.54, 1.807) is 18.2 Å². The maximum absolute atomic E-state index is 13.2. The molecule has 5 heteroatoms. The first-order valence-electron chi connectivity index (χ1n) is 5.94. The highest BCUT2D eigenvalue weighted by Gasteiger charge is 2.17. The third-order valence-electron chi connectivity index (χ3n) is 3.10. The summed E-state index contributed by atoms with van der Waals surface area (Å²) in [7, 11) is 0. The third-order valence-corrected chi connectivity index (χ3v) is 3.79. The fourth-order valence-electron chi connectivity index (χ4n) is 2.10. The molecule has 2 aromatic carbocycles. The van der Waals surface area contributed by atoms with Crippen molar-refractivity contribution in [3.05, 3.63) is 69.9 Å². The Labute approximate surface area is 122 Å². The summed E-state index contributed by atoms with van der Waals surface area (Å²) in [6.45, 7) is 0. The topological polar surface area (TPSA) is 39.2 Å². The highest BCUT2D eigenvalue weighted by atomic mass is 79.9. The van der Waals surface area contributed by atoms with Crippen molar-refractivity contribution in [3.8, 4) is 0 Å². The van der Waals surface area contributed by atoms with Gasteiger partial charge in [0.25, 0.3) is 0 Å². The van der Waals surface area contributed by atoms with Gasteiger partial charge in [-0.1, -0.05) is 22.0 Å². The Morgan fingerprint density at radius 2 is 1.70 bits per heavy atom. The Bertz CT molecular complexity index is 785. The molecule has 0 saturated heterocycles. The van der Waals surface area contributed by atoms with Gasteiger partial charge in [-0.25, -0.2) is 8.78 Å². The zero-order chi connectivity index (χ0) is 14.3. The summed E-state index contributed by atoms with van der Waals surface area (Å²) in [4.78, 5) is 0. The van der Waals surface area contributed by atoms with Gasteiger partial charge in [0.1, 0.15) is 23.0 Å². The molecule has 0 bridgehead atoms. The van der Waals surface area contributed by atoms with Crippen LogP contribution in [0.3, 0.4) is 0 Å². The Hall–Kier alpha value is -1.72. The van der Waals surface area contributed by atoms with E-state index in [0.717, 1.165) is 0 Å². The molecule has 3 aromatic rings. The molecule has 102 valence electrons. The van der Waals surface area contributed by atoms with Crippen LogP contribution in [0.2, 0.25) is 0 Å². The first-order chi connectivity index (χ1) is 9.54. The maximum Gasteiger partial charge on any atom is 0.134 e. The average molecular weight is 338 g/mol. The number of hydrogen-bond donors (Lipinski definition) is 1. The molecule has 0 fully saturated rings. The van der Waals surface area contributed by atoms with E-state index in [-0.39, 0.29) is 11.6 Å². The molecule has 0 aliphatic carbocycles. The molecule has 1 atom stereocenters. The van der Waals surface area contributed by atoms with Crippen molar-refractivity contribution in [2.75, 3.05) is 0 Å². The molecule has 0 amide bonds. The minimum absolute atomic E-state index is 0.332. The zero-order valence-electron chi connectivity index (χ0n) is 10.2. The normalized spacial score (nSPS) is 12.8. The van der Waals surface area contributed by atoms with Crippen LogP contribution < -0.4 is 5.73 Å². The predicted molar refractivity (Wildman–Crippen MR) is 76.3 cm³/mol. The Balaban J connectivity index is 2.05. The van der Waals surface area contributed by atoms with E-state index < -0.39 is 6.04 Å². The molecule has 0 spiro atoms. The molecular formula is C15H10BrF2NO. The van der Waals surface area contributed by atoms with Crippen molar-refractivity contribution in [3.63, 3.8) is 0 Å². The van der Waals surface area contributed by atoms with Gasteiger partial charge in [0.2, 0.25) is 0 Å². The number of nitrogens with two attached hydrogens (primary N) is 1. The van der Waals surface area contributed by atoms with E-state index in [1.807, 2.05) is 0 Å². The van der Waals surface area contributed by atoms with E-state index in [4.69, 9.17) is 10.2 Å². The molecule has 0 radical (unpaired) electrons. The first kappa shape index (κ1) is 13.3. The van der Waals surface area contributed by atoms with E-state index in [2.05, 4.69) is 15.9 Å². The van der Waals surface area contributed by atoms with E-state index >= 15 is 0 Å². The predicted octanol–water partition coefficient (Wildman–Crippen LogP) is 4.52. The van der Waals surface area contributed by atoms with Gasteiger partial charge in [-0.3, -0.25) is 0 Å². The minimum atomic E-state index is -0.555. The standard InChI is InChI=1S/C15H10BrF2NO/c16-12-7-10(18)1-3-11(12)15(19)14-6-8-5-9(17)2-4-13(8)20-14/h1-7,15H,19H2. The quantitative estimate of drug-likeness (QED) is 0.746. The summed E-state index contributed by atoms with van der Waals surface area (Å²) in [5, 5.41) is 0.647. The minimum Gasteiger partial charge on any atom is -0.459 e. The van der Waals surface area contributed by atoms with Crippen LogP contribution in [-0.2, 0) is 0 Å². The molecular weight excluding hydrogens is 328 g/mol. The second-order valence-electron chi connectivity index (χ2n) is 4.47. The molecule has 0 aliphatic heterocycles. The van der Waals surface area contributed by atoms with Crippen LogP contribution in [0.25, 0.3) is 11.0 Å². The van der Waals surface area contributed by atoms with Crippen molar-refractivity contribution in [2.24, 2.45) is 5.73 Å². The van der Waals surface area contributed by atoms with Crippen LogP contribution >= 0.6 is 15.9 Å². The Kier molecular flexibility index (Phi) is 3.31. The highest BCUT2D eigenvalue weighted by Crippen LogP contribution is 2.31. The maximum atomic E-state index is 13.2. The van der Waals surface area contributed by atoms with Crippen molar-refractivity contribution in [1.82, 2.24) is 0 Å². The molecule has 3 rings (SSSR count). The molecule has 2 nitrogen and oxygen atoms in total. The second kappa shape index (κ2) is 5.00. The lowest BCUT2D eigenvalue weighted by Crippen LogP contribution is -2.11. The third kappa shape index (κ3) is 2.34. The van der Waals surface area contributed by atoms with Gasteiger partial charge in [-0.2, -0.15) is 0 Å². The first-order valence-corrected chi connectivity index (χ1v) is 6.73. The van der Waals surface area contributed by atoms with Crippen LogP contribution in [0.15, 0.2) is 51.4 Å². The highest BCUT2D eigenvalue weighted by molar-refractivity contribution is 9.10. The average Bonchev–Trinajstić information content (AvgIpc) is 2.81. The summed E-state index contributed by atoms with van der Waals surface area (Å²) in [5.41, 5.74) is 7.39. The Morgan fingerprint density at radius 3 is 2.45 bits per heavy atom. The van der Waals surface area contributed by atoms with Crippen molar-refractivity contribution in [1.29, 1.82) is 0 Å². The van der Waals surface area contributed by atoms with Gasteiger partial charge in [-0.05, 0) is 42.0 Å². The monoisotopic (exact) mass is 337 g/mol. The molecule has 1 heterocycles. The van der Waals surface area contributed by atoms with Gasteiger partial charge in [0, 0.05) is 9.86 Å². The van der Waals surface area contributed by atoms with Gasteiger partial charge >= 0.3 is 0 Å². The van der Waals surface area contributed by atoms with E-state index in [0.29, 0.717) is 26.8 Å². The summed E-state index contributed by atoms with van der Waals surface area (Å²) in [5.74, 6) is -0.182. The van der Waals surface area contributed by atoms with Crippen molar-refractivity contribution >= 4 is 26.9 Å². The molecule has 1 aromatic heterocycles. The fraction of sp³-hybridized carbons (Fsp3) is 0.0667. The van der Waals surface area contributed by atoms with Crippen LogP contribution in [0.4, 0.5) is 8.78 Å². The van der Waals surface area contributed by atoms with Gasteiger partial charge in [-0.15, -0.1) is 0 Å². The van der Waals surface area contributed by atoms with Crippen molar-refractivity contribution in [2.45, 2.75) is 6.04 Å². The van der Waals surface area contributed by atoms with Gasteiger partial charge in [0.05, 0.1) is 6.04 Å². The number of rotatable bonds is 2. The molecule has 20 heavy (non-hydrogen) atoms. The molecule has 0 aliphatic rings. The number of furan rings is 1. The number of hydrogen-bond acceptors (Lipinski definition) is 2. The molecule has 1 unspecified atom stereocenters. The van der Waals surface area contributed by atoms with E-state index in [9.17, 15) is 8.78 Å². The van der Waals surface area contributed by atoms with Crippen LogP contribution in [0.1, 0.15) is 17.4 Å². The number of halogens is 3. The summed E-state index contributed by atoms with van der Waals surface area (Å²) in [6, 6.07) is 9.68. The number of fused-ring (bicyclic) bond motifs is 1. The smallest absolute Gasteiger partial charge is 0.134 e. The molecule has 2 N–H and O–H groups in total. The van der Waals surface area contributed by atoms with Crippen LogP contribution in [0, 0.1) is 11.6 Å². The molecule has 0 saturated carbocycles. The fourth-order valence-corrected chi connectivity index (χ4v) is 2.69. The van der Waals surface area contributed by atoms with Gasteiger partial charge in [0.15, 0.2) is 0 Å². The van der Waals surface area contributed by atoms with Crippen molar-refractivity contribution < 1.29 is 13.2 Å². The largest absolute Gasteiger partial charge is 0.459 e. The number of benzene rings is 2. The summed E-state index contributed by atoms with van der Waals surface area (Å²) >= 11 is 3.28. The second-order valence-corrected chi connectivity index (χ2v) is 5.33. The lowest BCUT2D eigenvalue weighted by atomic mass is 10.1. The summed E-state index contributed by atoms with van der Waals surface area (Å²) < 4.78 is 32.4. The van der Waals surface area contributed by atoms with Crippen LogP contribution in [-0.4, -0.2) is 0 Å². The lowest BCUT2D eigenvalue weighted by Gasteiger charge is -2.11. The van der Waals surface area contributed by atoms with E-state index in [1.165, 1.54) is 24.3 Å². The summed E-state index contributed by atoms with van der Waals surface area (Å²) in [6.07, 6.45) is 0. The SMILES string of the molecule is NC(c1cc2cc(F)ccc2o1)c1ccc(F)cc1Br. The lowest BCUT2D eigenvalue weighted by molar-refractivity contribution is 0.523. The van der Waals surface area contributed by atoms with Crippen LogP contribution in [0.5, 0.6) is 0 Å². The Morgan fingerprint density at radius 1 is 1.00 bits per heavy atom. The van der Waals surface area contributed by atoms with Gasteiger partial charge < -0.3 is 10.2 Å².